The summed E-state index contributed by atoms with van der Waals surface area (Å²) < 4.78 is 20.0. The average Bonchev–Trinajstić information content (AvgIpc) is 3.47. The molecule has 1 saturated heterocycles. The van der Waals surface area contributed by atoms with E-state index < -0.39 is 29.5 Å². The minimum Gasteiger partial charge on any atom is -0.444 e. The van der Waals surface area contributed by atoms with Crippen LogP contribution >= 0.6 is 46.6 Å². The van der Waals surface area contributed by atoms with Crippen molar-refractivity contribution >= 4 is 64.5 Å². The van der Waals surface area contributed by atoms with Crippen molar-refractivity contribution in [2.45, 2.75) is 66.4 Å². The van der Waals surface area contributed by atoms with Gasteiger partial charge in [0.25, 0.3) is 5.91 Å². The number of hydrogen-bond acceptors (Lipinski definition) is 8. The fourth-order valence-corrected chi connectivity index (χ4v) is 10.5. The third-order valence-electron chi connectivity index (χ3n) is 6.10. The van der Waals surface area contributed by atoms with Crippen molar-refractivity contribution < 1.29 is 23.5 Å². The van der Waals surface area contributed by atoms with Crippen LogP contribution in [-0.2, 0) is 20.0 Å². The van der Waals surface area contributed by atoms with Gasteiger partial charge in [0.2, 0.25) is 5.91 Å². The number of fused-ring (bicyclic) bond motifs is 2. The van der Waals surface area contributed by atoms with Gasteiger partial charge in [-0.25, -0.2) is 9.18 Å². The van der Waals surface area contributed by atoms with Crippen LogP contribution in [0.4, 0.5) is 9.18 Å². The summed E-state index contributed by atoms with van der Waals surface area (Å²) in [6.07, 6.45) is 4.14. The van der Waals surface area contributed by atoms with Crippen LogP contribution in [0, 0.1) is 5.82 Å². The lowest BCUT2D eigenvalue weighted by Gasteiger charge is -2.33. The number of thiophene rings is 1. The molecule has 0 radical (unpaired) electrons. The van der Waals surface area contributed by atoms with Crippen molar-refractivity contribution in [1.29, 1.82) is 0 Å². The van der Waals surface area contributed by atoms with Crippen LogP contribution in [0.1, 0.15) is 72.4 Å². The molecule has 38 heavy (non-hydrogen) atoms. The first-order valence-electron chi connectivity index (χ1n) is 12.3. The maximum atomic E-state index is 13.5. The summed E-state index contributed by atoms with van der Waals surface area (Å²) in [5.74, 6) is 0.943. The first kappa shape index (κ1) is 29.1. The fourth-order valence-electron chi connectivity index (χ4n) is 4.58. The monoisotopic (exact) mass is 597 g/mol. The second kappa shape index (κ2) is 12.1. The van der Waals surface area contributed by atoms with Crippen LogP contribution in [0.3, 0.4) is 0 Å². The lowest BCUT2D eigenvalue weighted by Crippen LogP contribution is -2.44. The molecule has 1 fully saturated rings. The van der Waals surface area contributed by atoms with Crippen LogP contribution < -0.4 is 16.2 Å². The number of thioether (sulfide) groups is 3. The van der Waals surface area contributed by atoms with E-state index in [0.29, 0.717) is 10.4 Å². The summed E-state index contributed by atoms with van der Waals surface area (Å²) in [5, 5.41) is 2.68. The minimum absolute atomic E-state index is 0.0277. The Morgan fingerprint density at radius 1 is 1.13 bits per heavy atom. The first-order valence-corrected chi connectivity index (χ1v) is 16.3. The minimum atomic E-state index is -0.781. The summed E-state index contributed by atoms with van der Waals surface area (Å²) in [6, 6.07) is 4.74. The molecule has 12 heteroatoms. The van der Waals surface area contributed by atoms with E-state index in [9.17, 15) is 18.8 Å². The van der Waals surface area contributed by atoms with Crippen LogP contribution in [0.2, 0.25) is 0 Å². The summed E-state index contributed by atoms with van der Waals surface area (Å²) >= 11 is 7.12. The molecule has 1 spiro atoms. The molecule has 4 rings (SSSR count). The maximum absolute atomic E-state index is 13.5. The number of ether oxygens (including phenoxy) is 1. The third-order valence-corrected chi connectivity index (χ3v) is 12.0. The molecular formula is C26H32FN3O4S4. The van der Waals surface area contributed by atoms with Gasteiger partial charge in [-0.1, -0.05) is 12.1 Å². The zero-order chi connectivity index (χ0) is 27.5. The van der Waals surface area contributed by atoms with E-state index in [1.807, 2.05) is 29.8 Å². The summed E-state index contributed by atoms with van der Waals surface area (Å²) in [6.45, 7) is 5.21. The van der Waals surface area contributed by atoms with Gasteiger partial charge in [0.15, 0.2) is 0 Å². The summed E-state index contributed by atoms with van der Waals surface area (Å²) in [5.41, 5.74) is 7.26. The predicted octanol–water partition coefficient (Wildman–Crippen LogP) is 6.00. The number of alkyl carbamates (subject to hydrolysis) is 1. The molecule has 1 aromatic heterocycles. The van der Waals surface area contributed by atoms with Gasteiger partial charge >= 0.3 is 6.09 Å². The molecule has 1 aromatic carbocycles. The Kier molecular flexibility index (Phi) is 9.26. The van der Waals surface area contributed by atoms with Crippen LogP contribution in [0.5, 0.6) is 0 Å². The number of hydrazine groups is 1. The highest BCUT2D eigenvalue weighted by Gasteiger charge is 2.45. The van der Waals surface area contributed by atoms with Crippen molar-refractivity contribution in [1.82, 2.24) is 16.2 Å². The number of carbonyl (C=O) groups is 3. The normalized spacial score (nSPS) is 17.0. The van der Waals surface area contributed by atoms with Crippen LogP contribution in [0.15, 0.2) is 28.5 Å². The van der Waals surface area contributed by atoms with Gasteiger partial charge in [-0.05, 0) is 69.5 Å². The zero-order valence-electron chi connectivity index (χ0n) is 21.8. The second-order valence-corrected chi connectivity index (χ2v) is 15.2. The highest BCUT2D eigenvalue weighted by atomic mass is 32.2. The molecule has 1 unspecified atom stereocenters. The van der Waals surface area contributed by atoms with Gasteiger partial charge in [-0.2, -0.15) is 0 Å². The van der Waals surface area contributed by atoms with Gasteiger partial charge in [-0.15, -0.1) is 46.6 Å². The number of hydrogen-bond donors (Lipinski definition) is 3. The van der Waals surface area contributed by atoms with Crippen LogP contribution in [0.25, 0.3) is 0 Å². The van der Waals surface area contributed by atoms with Gasteiger partial charge in [0.05, 0.1) is 25.6 Å². The van der Waals surface area contributed by atoms with Gasteiger partial charge in [0, 0.05) is 17.1 Å². The van der Waals surface area contributed by atoms with E-state index in [1.54, 1.807) is 32.5 Å². The molecule has 2 aliphatic rings. The number of halogens is 1. The van der Waals surface area contributed by atoms with Crippen molar-refractivity contribution in [2.75, 3.05) is 17.8 Å². The lowest BCUT2D eigenvalue weighted by atomic mass is 9.92. The molecule has 2 aromatic rings. The standard InChI is InChI=1S/C26H32FN3O4S4/c1-25(2,3)34-24(33)28-18(15-7-9-16(27)10-8-15)14-19(31)29-30-22(32)21-17-6-5-11-26(36-12-13-37-26)20(17)23(35-4)38-21/h7-10,18H,5-6,11-14H2,1-4H3,(H,28,33)(H,29,31)(H,30,32). The molecule has 2 heterocycles. The maximum Gasteiger partial charge on any atom is 0.408 e. The van der Waals surface area contributed by atoms with Crippen molar-refractivity contribution in [3.05, 3.63) is 51.7 Å². The highest BCUT2D eigenvalue weighted by molar-refractivity contribution is 8.20. The predicted molar refractivity (Wildman–Crippen MR) is 154 cm³/mol. The van der Waals surface area contributed by atoms with Gasteiger partial charge < -0.3 is 10.1 Å². The van der Waals surface area contributed by atoms with Crippen LogP contribution in [-0.4, -0.2) is 41.3 Å². The Labute approximate surface area is 239 Å². The Hall–Kier alpha value is -1.89. The number of rotatable bonds is 6. The van der Waals surface area contributed by atoms with E-state index in [0.717, 1.165) is 40.5 Å². The topological polar surface area (TPSA) is 96.5 Å². The third kappa shape index (κ3) is 6.81. The molecule has 0 bridgehead atoms. The smallest absolute Gasteiger partial charge is 0.408 e. The number of nitrogens with one attached hydrogen (secondary N) is 3. The number of benzene rings is 1. The molecule has 3 amide bonds. The molecule has 206 valence electrons. The van der Waals surface area contributed by atoms with Crippen molar-refractivity contribution in [3.63, 3.8) is 0 Å². The molecule has 1 aliphatic carbocycles. The average molecular weight is 598 g/mol. The highest BCUT2D eigenvalue weighted by Crippen LogP contribution is 2.61. The van der Waals surface area contributed by atoms with Crippen molar-refractivity contribution in [2.24, 2.45) is 0 Å². The van der Waals surface area contributed by atoms with E-state index >= 15 is 0 Å². The number of carbonyl (C=O) groups excluding carboxylic acids is 3. The Morgan fingerprint density at radius 2 is 1.82 bits per heavy atom. The van der Waals surface area contributed by atoms with Gasteiger partial charge in [-0.3, -0.25) is 20.4 Å². The lowest BCUT2D eigenvalue weighted by molar-refractivity contribution is -0.122. The Bertz CT molecular complexity index is 1190. The quantitative estimate of drug-likeness (QED) is 0.278. The molecule has 1 atom stereocenters. The SMILES string of the molecule is CSc1sc(C(=O)NNC(=O)CC(NC(=O)OC(C)(C)C)c2ccc(F)cc2)c2c1C1(CCC2)SCCS1. The van der Waals surface area contributed by atoms with E-state index in [-0.39, 0.29) is 16.4 Å². The second-order valence-electron chi connectivity index (χ2n) is 10.0. The molecule has 7 nitrogen and oxygen atoms in total. The van der Waals surface area contributed by atoms with E-state index in [2.05, 4.69) is 16.2 Å². The van der Waals surface area contributed by atoms with E-state index in [4.69, 9.17) is 4.74 Å². The number of amides is 3. The molecule has 0 saturated carbocycles. The Morgan fingerprint density at radius 3 is 2.45 bits per heavy atom. The summed E-state index contributed by atoms with van der Waals surface area (Å²) in [7, 11) is 0. The summed E-state index contributed by atoms with van der Waals surface area (Å²) in [4.78, 5) is 39.1. The molecular weight excluding hydrogens is 566 g/mol. The first-order chi connectivity index (χ1) is 18.0. The molecule has 3 N–H and O–H groups in total. The van der Waals surface area contributed by atoms with E-state index in [1.165, 1.54) is 41.2 Å². The largest absolute Gasteiger partial charge is 0.444 e. The zero-order valence-corrected chi connectivity index (χ0v) is 25.0. The fraction of sp³-hybridized carbons (Fsp3) is 0.500. The van der Waals surface area contributed by atoms with Gasteiger partial charge in [0.1, 0.15) is 11.4 Å². The Balaban J connectivity index is 1.45. The van der Waals surface area contributed by atoms with Crippen molar-refractivity contribution in [3.8, 4) is 0 Å². The molecule has 1 aliphatic heterocycles.